The fourth-order valence-corrected chi connectivity index (χ4v) is 2.17. The minimum atomic E-state index is 0. The van der Waals surface area contributed by atoms with Crippen molar-refractivity contribution >= 4 is 0 Å². The molecular formula is C10H18KNO. The number of hydrogen-bond donors (Lipinski definition) is 0. The molecule has 2 nitrogen and oxygen atoms in total. The van der Waals surface area contributed by atoms with Gasteiger partial charge in [0.05, 0.1) is 0 Å². The summed E-state index contributed by atoms with van der Waals surface area (Å²) in [5.41, 5.74) is 0.212. The zero-order valence-electron chi connectivity index (χ0n) is 8.88. The predicted octanol–water partition coefficient (Wildman–Crippen LogP) is -2.53. The van der Waals surface area contributed by atoms with Crippen molar-refractivity contribution in [3.8, 4) is 0 Å². The van der Waals surface area contributed by atoms with E-state index in [0.717, 1.165) is 12.5 Å². The molecule has 1 saturated carbocycles. The van der Waals surface area contributed by atoms with Crippen LogP contribution < -0.4 is 56.5 Å². The first-order valence-corrected chi connectivity index (χ1v) is 5.05. The Kier molecular flexibility index (Phi) is 4.91. The topological polar surface area (TPSA) is 26.3 Å². The minimum Gasteiger partial charge on any atom is -0.854 e. The van der Waals surface area contributed by atoms with E-state index in [4.69, 9.17) is 0 Å². The molecule has 1 heterocycles. The Morgan fingerprint density at radius 2 is 2.15 bits per heavy atom. The third-order valence-electron chi connectivity index (χ3n) is 3.33. The Bertz CT molecular complexity index is 170. The normalized spacial score (nSPS) is 31.4. The minimum absolute atomic E-state index is 0. The van der Waals surface area contributed by atoms with Gasteiger partial charge in [0, 0.05) is 13.1 Å². The van der Waals surface area contributed by atoms with E-state index in [1.807, 2.05) is 0 Å². The summed E-state index contributed by atoms with van der Waals surface area (Å²) < 4.78 is 0. The Hall–Kier alpha value is 1.56. The van der Waals surface area contributed by atoms with Crippen molar-refractivity contribution in [2.75, 3.05) is 26.2 Å². The molecule has 0 amide bonds. The van der Waals surface area contributed by atoms with Crippen LogP contribution in [0.5, 0.6) is 0 Å². The van der Waals surface area contributed by atoms with Crippen LogP contribution >= 0.6 is 0 Å². The van der Waals surface area contributed by atoms with Crippen LogP contribution in [0.25, 0.3) is 0 Å². The van der Waals surface area contributed by atoms with Gasteiger partial charge in [0.1, 0.15) is 0 Å². The van der Waals surface area contributed by atoms with Crippen LogP contribution in [0.3, 0.4) is 0 Å². The molecule has 0 N–H and O–H groups in total. The second-order valence-electron chi connectivity index (χ2n) is 4.77. The second kappa shape index (κ2) is 5.06. The van der Waals surface area contributed by atoms with Crippen LogP contribution in [0, 0.1) is 11.3 Å². The molecule has 13 heavy (non-hydrogen) atoms. The average Bonchev–Trinajstić information content (AvgIpc) is 2.71. The van der Waals surface area contributed by atoms with E-state index in [0.29, 0.717) is 0 Å². The molecule has 0 spiro atoms. The van der Waals surface area contributed by atoms with Gasteiger partial charge < -0.3 is 10.0 Å². The van der Waals surface area contributed by atoms with E-state index in [9.17, 15) is 5.11 Å². The summed E-state index contributed by atoms with van der Waals surface area (Å²) in [5, 5.41) is 10.9. The summed E-state index contributed by atoms with van der Waals surface area (Å²) in [6.07, 6.45) is 3.69. The van der Waals surface area contributed by atoms with Gasteiger partial charge in [0.2, 0.25) is 0 Å². The summed E-state index contributed by atoms with van der Waals surface area (Å²) in [7, 11) is 0. The van der Waals surface area contributed by atoms with Crippen molar-refractivity contribution in [1.82, 2.24) is 4.90 Å². The largest absolute Gasteiger partial charge is 1.00 e. The third kappa shape index (κ3) is 3.26. The van der Waals surface area contributed by atoms with Crippen LogP contribution in [0.2, 0.25) is 0 Å². The van der Waals surface area contributed by atoms with Crippen molar-refractivity contribution in [3.05, 3.63) is 0 Å². The maximum atomic E-state index is 10.9. The fourth-order valence-electron chi connectivity index (χ4n) is 2.17. The van der Waals surface area contributed by atoms with Crippen LogP contribution in [-0.4, -0.2) is 31.1 Å². The molecule has 1 aliphatic heterocycles. The maximum Gasteiger partial charge on any atom is 1.00 e. The molecule has 1 aliphatic carbocycles. The molecule has 0 aromatic carbocycles. The Labute approximate surface area is 123 Å². The van der Waals surface area contributed by atoms with Crippen molar-refractivity contribution in [2.24, 2.45) is 11.3 Å². The van der Waals surface area contributed by atoms with Crippen molar-refractivity contribution < 1.29 is 56.5 Å². The van der Waals surface area contributed by atoms with Gasteiger partial charge >= 0.3 is 51.4 Å². The molecule has 1 saturated heterocycles. The Morgan fingerprint density at radius 3 is 2.54 bits per heavy atom. The average molecular weight is 207 g/mol. The molecule has 0 bridgehead atoms. The molecule has 1 unspecified atom stereocenters. The first-order valence-electron chi connectivity index (χ1n) is 5.05. The number of rotatable bonds is 3. The zero-order chi connectivity index (χ0) is 8.60. The monoisotopic (exact) mass is 207 g/mol. The first-order chi connectivity index (χ1) is 5.74. The molecule has 0 aromatic heterocycles. The molecular weight excluding hydrogens is 189 g/mol. The number of hydrogen-bond acceptors (Lipinski definition) is 2. The molecule has 0 aromatic rings. The number of nitrogens with zero attached hydrogens (tertiary/aromatic N) is 1. The van der Waals surface area contributed by atoms with Crippen molar-refractivity contribution in [3.63, 3.8) is 0 Å². The van der Waals surface area contributed by atoms with Crippen molar-refractivity contribution in [2.45, 2.75) is 26.2 Å². The van der Waals surface area contributed by atoms with Gasteiger partial charge in [-0.2, -0.15) is 0 Å². The smallest absolute Gasteiger partial charge is 0.854 e. The van der Waals surface area contributed by atoms with Gasteiger partial charge in [0.15, 0.2) is 0 Å². The summed E-state index contributed by atoms with van der Waals surface area (Å²) in [4.78, 5) is 2.48. The van der Waals surface area contributed by atoms with Gasteiger partial charge in [-0.05, 0) is 37.1 Å². The first kappa shape index (κ1) is 12.6. The summed E-state index contributed by atoms with van der Waals surface area (Å²) in [6, 6.07) is 0. The van der Waals surface area contributed by atoms with Gasteiger partial charge in [-0.15, -0.1) is 6.61 Å². The quantitative estimate of drug-likeness (QED) is 0.477. The molecule has 70 valence electrons. The SMILES string of the molecule is CC1CCN(CC2(C[O-])CC2)C1.[K+]. The molecule has 1 atom stereocenters. The Morgan fingerprint density at radius 1 is 1.46 bits per heavy atom. The van der Waals surface area contributed by atoms with Crippen LogP contribution in [0.15, 0.2) is 0 Å². The molecule has 0 radical (unpaired) electrons. The van der Waals surface area contributed by atoms with Crippen molar-refractivity contribution in [1.29, 1.82) is 0 Å². The van der Waals surface area contributed by atoms with Gasteiger partial charge in [-0.1, -0.05) is 6.92 Å². The van der Waals surface area contributed by atoms with Gasteiger partial charge in [-0.25, -0.2) is 0 Å². The summed E-state index contributed by atoms with van der Waals surface area (Å²) >= 11 is 0. The zero-order valence-corrected chi connectivity index (χ0v) is 12.0. The summed E-state index contributed by atoms with van der Waals surface area (Å²) in [5.74, 6) is 0.854. The predicted molar refractivity (Wildman–Crippen MR) is 46.8 cm³/mol. The van der Waals surface area contributed by atoms with Crippen LogP contribution in [0.4, 0.5) is 0 Å². The Balaban J connectivity index is 0.000000845. The van der Waals surface area contributed by atoms with E-state index in [2.05, 4.69) is 11.8 Å². The van der Waals surface area contributed by atoms with E-state index < -0.39 is 0 Å². The van der Waals surface area contributed by atoms with Crippen LogP contribution in [-0.2, 0) is 0 Å². The molecule has 2 rings (SSSR count). The summed E-state index contributed by atoms with van der Waals surface area (Å²) in [6.45, 7) is 5.99. The van der Waals surface area contributed by atoms with E-state index in [1.54, 1.807) is 0 Å². The third-order valence-corrected chi connectivity index (χ3v) is 3.33. The fraction of sp³-hybridized carbons (Fsp3) is 1.00. The second-order valence-corrected chi connectivity index (χ2v) is 4.77. The molecule has 2 fully saturated rings. The van der Waals surface area contributed by atoms with E-state index in [-0.39, 0.29) is 63.4 Å². The number of likely N-dealkylation sites (tertiary alicyclic amines) is 1. The van der Waals surface area contributed by atoms with E-state index in [1.165, 1.54) is 32.4 Å². The van der Waals surface area contributed by atoms with Gasteiger partial charge in [-0.3, -0.25) is 0 Å². The standard InChI is InChI=1S/C10H18NO.K/c1-9-2-5-11(6-9)7-10(8-12)3-4-10;/h9H,2-8H2,1H3;/q-1;+1. The molecule has 2 aliphatic rings. The van der Waals surface area contributed by atoms with Gasteiger partial charge in [0.25, 0.3) is 0 Å². The van der Waals surface area contributed by atoms with E-state index >= 15 is 0 Å². The molecule has 3 heteroatoms. The van der Waals surface area contributed by atoms with Crippen LogP contribution in [0.1, 0.15) is 26.2 Å². The maximum absolute atomic E-state index is 10.9.